The van der Waals surface area contributed by atoms with Gasteiger partial charge in [-0.2, -0.15) is 0 Å². The van der Waals surface area contributed by atoms with Gasteiger partial charge in [0.15, 0.2) is 0 Å². The molecule has 1 unspecified atom stereocenters. The molecule has 5 nitrogen and oxygen atoms in total. The van der Waals surface area contributed by atoms with Gasteiger partial charge in [0.05, 0.1) is 0 Å². The van der Waals surface area contributed by atoms with Crippen LogP contribution < -0.4 is 0 Å². The number of aldehydes is 1. The van der Waals surface area contributed by atoms with E-state index in [1.54, 1.807) is 0 Å². The third kappa shape index (κ3) is 5.65. The molecule has 0 rings (SSSR count). The standard InChI is InChI=1S/C3H7O5P/c1-3(2-4)8-9(5,6)7/h2-3H,1H3,(H2,5,6,7). The van der Waals surface area contributed by atoms with E-state index >= 15 is 0 Å². The zero-order valence-corrected chi connectivity index (χ0v) is 5.62. The summed E-state index contributed by atoms with van der Waals surface area (Å²) in [7, 11) is -4.47. The minimum atomic E-state index is -4.47. The zero-order chi connectivity index (χ0) is 7.49. The lowest BCUT2D eigenvalue weighted by Gasteiger charge is -2.05. The molecule has 0 aliphatic rings. The van der Waals surface area contributed by atoms with Crippen LogP contribution in [0.25, 0.3) is 0 Å². The predicted octanol–water partition coefficient (Wildman–Crippen LogP) is -0.317. The molecular weight excluding hydrogens is 147 g/mol. The van der Waals surface area contributed by atoms with Crippen molar-refractivity contribution in [1.29, 1.82) is 0 Å². The number of carbonyl (C=O) groups is 1. The van der Waals surface area contributed by atoms with Crippen molar-refractivity contribution in [2.45, 2.75) is 13.0 Å². The zero-order valence-electron chi connectivity index (χ0n) is 4.72. The third-order valence-electron chi connectivity index (χ3n) is 0.495. The van der Waals surface area contributed by atoms with Crippen molar-refractivity contribution in [3.63, 3.8) is 0 Å². The van der Waals surface area contributed by atoms with Gasteiger partial charge in [-0.25, -0.2) is 4.57 Å². The van der Waals surface area contributed by atoms with Crippen LogP contribution in [0.5, 0.6) is 0 Å². The molecule has 0 aromatic carbocycles. The smallest absolute Gasteiger partial charge is 0.303 e. The highest BCUT2D eigenvalue weighted by molar-refractivity contribution is 7.46. The predicted molar refractivity (Wildman–Crippen MR) is 28.7 cm³/mol. The molecule has 0 aliphatic carbocycles. The molecule has 0 radical (unpaired) electrons. The second-order valence-corrected chi connectivity index (χ2v) is 2.63. The van der Waals surface area contributed by atoms with Crippen LogP contribution in [0.1, 0.15) is 6.92 Å². The minimum Gasteiger partial charge on any atom is -0.303 e. The van der Waals surface area contributed by atoms with Gasteiger partial charge in [0.1, 0.15) is 12.4 Å². The lowest BCUT2D eigenvalue weighted by Crippen LogP contribution is -2.06. The Labute approximate surface area is 51.9 Å². The summed E-state index contributed by atoms with van der Waals surface area (Å²) >= 11 is 0. The fraction of sp³-hybridized carbons (Fsp3) is 0.667. The number of carbonyl (C=O) groups excluding carboxylic acids is 1. The van der Waals surface area contributed by atoms with E-state index < -0.39 is 13.9 Å². The van der Waals surface area contributed by atoms with Crippen LogP contribution in [0, 0.1) is 0 Å². The number of phosphoric ester groups is 1. The van der Waals surface area contributed by atoms with Gasteiger partial charge in [0, 0.05) is 0 Å². The molecule has 0 saturated heterocycles. The first-order chi connectivity index (χ1) is 3.95. The van der Waals surface area contributed by atoms with Gasteiger partial charge < -0.3 is 14.6 Å². The van der Waals surface area contributed by atoms with Gasteiger partial charge in [-0.05, 0) is 6.92 Å². The maximum absolute atomic E-state index is 9.91. The van der Waals surface area contributed by atoms with E-state index in [1.807, 2.05) is 0 Å². The molecule has 0 heterocycles. The molecule has 0 bridgehead atoms. The maximum Gasteiger partial charge on any atom is 0.470 e. The van der Waals surface area contributed by atoms with E-state index in [2.05, 4.69) is 4.52 Å². The molecule has 0 aromatic rings. The van der Waals surface area contributed by atoms with E-state index in [1.165, 1.54) is 6.92 Å². The van der Waals surface area contributed by atoms with E-state index in [0.29, 0.717) is 6.29 Å². The first-order valence-corrected chi connectivity index (χ1v) is 3.68. The van der Waals surface area contributed by atoms with Crippen LogP contribution in [0.4, 0.5) is 0 Å². The molecule has 1 atom stereocenters. The lowest BCUT2D eigenvalue weighted by molar-refractivity contribution is -0.113. The van der Waals surface area contributed by atoms with E-state index in [-0.39, 0.29) is 0 Å². The van der Waals surface area contributed by atoms with Gasteiger partial charge in [0.2, 0.25) is 0 Å². The summed E-state index contributed by atoms with van der Waals surface area (Å²) in [6.07, 6.45) is -0.746. The van der Waals surface area contributed by atoms with Crippen LogP contribution in [0.3, 0.4) is 0 Å². The second kappa shape index (κ2) is 3.08. The number of hydrogen-bond acceptors (Lipinski definition) is 3. The Hall–Kier alpha value is -0.220. The van der Waals surface area contributed by atoms with Crippen molar-refractivity contribution in [2.24, 2.45) is 0 Å². The second-order valence-electron chi connectivity index (χ2n) is 1.44. The third-order valence-corrected chi connectivity index (χ3v) is 1.10. The fourth-order valence-corrected chi connectivity index (χ4v) is 0.724. The average molecular weight is 154 g/mol. The normalized spacial score (nSPS) is 15.0. The number of phosphoric acid groups is 1. The largest absolute Gasteiger partial charge is 0.470 e. The summed E-state index contributed by atoms with van der Waals surface area (Å²) < 4.78 is 13.8. The molecule has 0 fully saturated rings. The highest BCUT2D eigenvalue weighted by Crippen LogP contribution is 2.36. The van der Waals surface area contributed by atoms with Gasteiger partial charge in [-0.15, -0.1) is 0 Å². The summed E-state index contributed by atoms with van der Waals surface area (Å²) in [5.74, 6) is 0. The highest BCUT2D eigenvalue weighted by atomic mass is 31.2. The van der Waals surface area contributed by atoms with Crippen molar-refractivity contribution < 1.29 is 23.7 Å². The molecule has 0 spiro atoms. The Balaban J connectivity index is 3.74. The molecule has 0 amide bonds. The molecule has 6 heteroatoms. The quantitative estimate of drug-likeness (QED) is 0.430. The summed E-state index contributed by atoms with van der Waals surface area (Å²) in [4.78, 5) is 25.8. The summed E-state index contributed by atoms with van der Waals surface area (Å²) in [6.45, 7) is 1.24. The van der Waals surface area contributed by atoms with E-state index in [4.69, 9.17) is 9.79 Å². The number of rotatable bonds is 3. The molecule has 9 heavy (non-hydrogen) atoms. The Morgan fingerprint density at radius 3 is 2.22 bits per heavy atom. The molecular formula is C3H7O5P. The lowest BCUT2D eigenvalue weighted by atomic mass is 10.5. The van der Waals surface area contributed by atoms with Crippen molar-refractivity contribution in [2.75, 3.05) is 0 Å². The Bertz CT molecular complexity index is 137. The van der Waals surface area contributed by atoms with Crippen LogP contribution in [-0.2, 0) is 13.9 Å². The van der Waals surface area contributed by atoms with Gasteiger partial charge in [-0.1, -0.05) is 0 Å². The van der Waals surface area contributed by atoms with Crippen LogP contribution >= 0.6 is 7.82 Å². The fourth-order valence-electron chi connectivity index (χ4n) is 0.241. The van der Waals surface area contributed by atoms with Crippen LogP contribution in [0.2, 0.25) is 0 Å². The SMILES string of the molecule is CC(C=O)OP(=O)(O)O. The first-order valence-electron chi connectivity index (χ1n) is 2.15. The van der Waals surface area contributed by atoms with E-state index in [0.717, 1.165) is 0 Å². The average Bonchev–Trinajstić information content (AvgIpc) is 1.62. The molecule has 54 valence electrons. The van der Waals surface area contributed by atoms with E-state index in [9.17, 15) is 9.36 Å². The van der Waals surface area contributed by atoms with Crippen molar-refractivity contribution in [1.82, 2.24) is 0 Å². The maximum atomic E-state index is 9.91. The summed E-state index contributed by atoms with van der Waals surface area (Å²) in [5.41, 5.74) is 0. The van der Waals surface area contributed by atoms with Crippen LogP contribution in [0.15, 0.2) is 0 Å². The summed E-state index contributed by atoms with van der Waals surface area (Å²) in [5, 5.41) is 0. The van der Waals surface area contributed by atoms with Crippen molar-refractivity contribution >= 4 is 14.1 Å². The highest BCUT2D eigenvalue weighted by Gasteiger charge is 2.17. The Morgan fingerprint density at radius 1 is 1.67 bits per heavy atom. The van der Waals surface area contributed by atoms with Gasteiger partial charge >= 0.3 is 7.82 Å². The molecule has 0 aromatic heterocycles. The number of hydrogen-bond donors (Lipinski definition) is 2. The van der Waals surface area contributed by atoms with Gasteiger partial charge in [-0.3, -0.25) is 4.52 Å². The summed E-state index contributed by atoms with van der Waals surface area (Å²) in [6, 6.07) is 0. The van der Waals surface area contributed by atoms with Gasteiger partial charge in [0.25, 0.3) is 0 Å². The topological polar surface area (TPSA) is 83.8 Å². The molecule has 0 saturated carbocycles. The van der Waals surface area contributed by atoms with Crippen molar-refractivity contribution in [3.05, 3.63) is 0 Å². The first kappa shape index (κ1) is 8.78. The minimum absolute atomic E-state index is 0.305. The Kier molecular flexibility index (Phi) is 3.00. The van der Waals surface area contributed by atoms with Crippen LogP contribution in [-0.4, -0.2) is 22.2 Å². The molecule has 0 aliphatic heterocycles. The van der Waals surface area contributed by atoms with Crippen molar-refractivity contribution in [3.8, 4) is 0 Å². The molecule has 2 N–H and O–H groups in total. The Morgan fingerprint density at radius 2 is 2.11 bits per heavy atom. The monoisotopic (exact) mass is 154 g/mol.